The summed E-state index contributed by atoms with van der Waals surface area (Å²) in [7, 11) is -3.74. The molecule has 2 N–H and O–H groups in total. The van der Waals surface area contributed by atoms with Gasteiger partial charge in [-0.2, -0.15) is 0 Å². The van der Waals surface area contributed by atoms with E-state index in [1.165, 1.54) is 17.4 Å². The topological polar surface area (TPSA) is 83.5 Å². The van der Waals surface area contributed by atoms with Crippen LogP contribution < -0.4 is 4.72 Å². The van der Waals surface area contributed by atoms with Crippen LogP contribution in [0, 0.1) is 6.92 Å². The van der Waals surface area contributed by atoms with E-state index in [4.69, 9.17) is 5.11 Å². The predicted molar refractivity (Wildman–Crippen MR) is 83.7 cm³/mol. The van der Waals surface area contributed by atoms with Crippen LogP contribution in [0.2, 0.25) is 0 Å². The minimum atomic E-state index is -3.74. The minimum Gasteiger partial charge on any atom is -0.477 e. The Morgan fingerprint density at radius 2 is 2.19 bits per heavy atom. The van der Waals surface area contributed by atoms with Gasteiger partial charge in [0.25, 0.3) is 0 Å². The van der Waals surface area contributed by atoms with Crippen molar-refractivity contribution in [3.05, 3.63) is 38.2 Å². The van der Waals surface area contributed by atoms with E-state index in [1.54, 1.807) is 6.92 Å². The molecule has 0 aliphatic carbocycles. The average molecular weight is 345 g/mol. The van der Waals surface area contributed by atoms with Crippen molar-refractivity contribution in [1.82, 2.24) is 4.72 Å². The maximum Gasteiger partial charge on any atom is 0.345 e. The lowest BCUT2D eigenvalue weighted by atomic mass is 10.2. The molecule has 1 unspecified atom stereocenters. The third kappa shape index (κ3) is 3.52. The van der Waals surface area contributed by atoms with Gasteiger partial charge in [0.15, 0.2) is 0 Å². The van der Waals surface area contributed by atoms with Crippen molar-refractivity contribution in [2.24, 2.45) is 0 Å². The molecule has 0 aliphatic rings. The fraction of sp³-hybridized carbons (Fsp3) is 0.308. The highest BCUT2D eigenvalue weighted by atomic mass is 32.2. The van der Waals surface area contributed by atoms with Gasteiger partial charge in [0.1, 0.15) is 4.88 Å². The molecule has 0 radical (unpaired) electrons. The van der Waals surface area contributed by atoms with Gasteiger partial charge in [-0.15, -0.1) is 22.7 Å². The van der Waals surface area contributed by atoms with Gasteiger partial charge in [0, 0.05) is 9.75 Å². The van der Waals surface area contributed by atoms with Crippen molar-refractivity contribution in [3.8, 4) is 0 Å². The number of carboxylic acids is 1. The molecule has 0 aliphatic heterocycles. The molecule has 21 heavy (non-hydrogen) atoms. The molecular formula is C13H15NO4S3. The zero-order valence-electron chi connectivity index (χ0n) is 11.5. The summed E-state index contributed by atoms with van der Waals surface area (Å²) in [5.41, 5.74) is 0. The number of rotatable bonds is 6. The van der Waals surface area contributed by atoms with Gasteiger partial charge in [-0.3, -0.25) is 0 Å². The molecule has 2 rings (SSSR count). The zero-order valence-corrected chi connectivity index (χ0v) is 13.9. The Balaban J connectivity index is 2.32. The molecule has 0 fully saturated rings. The molecule has 0 saturated carbocycles. The number of carbonyl (C=O) groups is 1. The van der Waals surface area contributed by atoms with Crippen LogP contribution in [-0.2, 0) is 10.0 Å². The van der Waals surface area contributed by atoms with Crippen LogP contribution in [0.25, 0.3) is 0 Å². The summed E-state index contributed by atoms with van der Waals surface area (Å²) in [5, 5.41) is 10.9. The lowest BCUT2D eigenvalue weighted by molar-refractivity contribution is 0.0702. The third-order valence-corrected chi connectivity index (χ3v) is 6.72. The van der Waals surface area contributed by atoms with Crippen LogP contribution in [0.5, 0.6) is 0 Å². The Hall–Kier alpha value is -1.22. The second kappa shape index (κ2) is 6.27. The van der Waals surface area contributed by atoms with E-state index in [1.807, 2.05) is 24.4 Å². The molecule has 2 aromatic rings. The predicted octanol–water partition coefficient (Wildman–Crippen LogP) is 3.25. The van der Waals surface area contributed by atoms with Crippen molar-refractivity contribution >= 4 is 38.7 Å². The zero-order chi connectivity index (χ0) is 15.6. The number of sulfonamides is 1. The van der Waals surface area contributed by atoms with Gasteiger partial charge in [-0.25, -0.2) is 17.9 Å². The number of hydrogen-bond donors (Lipinski definition) is 2. The molecule has 0 amide bonds. The summed E-state index contributed by atoms with van der Waals surface area (Å²) in [6.45, 7) is 3.51. The van der Waals surface area contributed by atoms with Gasteiger partial charge in [-0.05, 0) is 30.9 Å². The first-order chi connectivity index (χ1) is 9.85. The Kier molecular flexibility index (Phi) is 4.82. The highest BCUT2D eigenvalue weighted by Gasteiger charge is 2.25. The van der Waals surface area contributed by atoms with Crippen LogP contribution in [0.3, 0.4) is 0 Å². The minimum absolute atomic E-state index is 0.0250. The molecule has 0 bridgehead atoms. The summed E-state index contributed by atoms with van der Waals surface area (Å²) in [5.74, 6) is -1.12. The quantitative estimate of drug-likeness (QED) is 0.842. The molecule has 5 nitrogen and oxygen atoms in total. The van der Waals surface area contributed by atoms with Crippen LogP contribution in [-0.4, -0.2) is 19.5 Å². The van der Waals surface area contributed by atoms with Gasteiger partial charge in [-0.1, -0.05) is 13.0 Å². The van der Waals surface area contributed by atoms with Crippen molar-refractivity contribution in [2.75, 3.05) is 0 Å². The number of aromatic carboxylic acids is 1. The van der Waals surface area contributed by atoms with Crippen molar-refractivity contribution in [1.29, 1.82) is 0 Å². The number of carboxylic acid groups (broad SMARTS) is 1. The Bertz CT molecular complexity index is 732. The molecule has 8 heteroatoms. The van der Waals surface area contributed by atoms with Crippen LogP contribution in [0.4, 0.5) is 0 Å². The highest BCUT2D eigenvalue weighted by molar-refractivity contribution is 7.89. The Morgan fingerprint density at radius 3 is 2.67 bits per heavy atom. The summed E-state index contributed by atoms with van der Waals surface area (Å²) in [4.78, 5) is 12.4. The fourth-order valence-corrected chi connectivity index (χ4v) is 5.59. The molecule has 0 saturated heterocycles. The largest absolute Gasteiger partial charge is 0.477 e. The SMILES string of the molecule is CCC(NS(=O)(=O)c1cc(C(=O)O)sc1C)c1cccs1. The smallest absolute Gasteiger partial charge is 0.345 e. The monoisotopic (exact) mass is 345 g/mol. The molecule has 2 aromatic heterocycles. The second-order valence-electron chi connectivity index (χ2n) is 4.43. The standard InChI is InChI=1S/C13H15NO4S3/c1-3-9(10-5-4-6-19-10)14-21(17,18)12-7-11(13(15)16)20-8(12)2/h4-7,9,14H,3H2,1-2H3,(H,15,16). The van der Waals surface area contributed by atoms with E-state index in [-0.39, 0.29) is 15.8 Å². The fourth-order valence-electron chi connectivity index (χ4n) is 1.92. The summed E-state index contributed by atoms with van der Waals surface area (Å²) in [6.07, 6.45) is 0.620. The summed E-state index contributed by atoms with van der Waals surface area (Å²) < 4.78 is 27.6. The van der Waals surface area contributed by atoms with Gasteiger partial charge >= 0.3 is 5.97 Å². The normalized spacial score (nSPS) is 13.2. The van der Waals surface area contributed by atoms with Crippen molar-refractivity contribution in [2.45, 2.75) is 31.2 Å². The Labute approximate surface area is 131 Å². The van der Waals surface area contributed by atoms with E-state index in [0.29, 0.717) is 11.3 Å². The average Bonchev–Trinajstić information content (AvgIpc) is 3.05. The molecular weight excluding hydrogens is 330 g/mol. The van der Waals surface area contributed by atoms with E-state index in [9.17, 15) is 13.2 Å². The number of thiophene rings is 2. The van der Waals surface area contributed by atoms with Gasteiger partial charge in [0.05, 0.1) is 10.9 Å². The molecule has 0 spiro atoms. The summed E-state index contributed by atoms with van der Waals surface area (Å²) >= 11 is 2.45. The third-order valence-electron chi connectivity index (χ3n) is 2.96. The summed E-state index contributed by atoms with van der Waals surface area (Å²) in [6, 6.07) is 4.66. The lowest BCUT2D eigenvalue weighted by Gasteiger charge is -2.15. The Morgan fingerprint density at radius 1 is 1.48 bits per heavy atom. The van der Waals surface area contributed by atoms with E-state index in [0.717, 1.165) is 16.2 Å². The molecule has 0 aromatic carbocycles. The lowest BCUT2D eigenvalue weighted by Crippen LogP contribution is -2.28. The van der Waals surface area contributed by atoms with Gasteiger partial charge < -0.3 is 5.11 Å². The van der Waals surface area contributed by atoms with Crippen molar-refractivity contribution in [3.63, 3.8) is 0 Å². The van der Waals surface area contributed by atoms with Crippen molar-refractivity contribution < 1.29 is 18.3 Å². The molecule has 2 heterocycles. The number of aryl methyl sites for hydroxylation is 1. The van der Waals surface area contributed by atoms with Crippen LogP contribution in [0.15, 0.2) is 28.5 Å². The maximum absolute atomic E-state index is 12.5. The second-order valence-corrected chi connectivity index (χ2v) is 8.35. The van der Waals surface area contributed by atoms with E-state index in [2.05, 4.69) is 4.72 Å². The first kappa shape index (κ1) is 16.2. The number of hydrogen-bond acceptors (Lipinski definition) is 5. The van der Waals surface area contributed by atoms with E-state index >= 15 is 0 Å². The van der Waals surface area contributed by atoms with E-state index < -0.39 is 16.0 Å². The van der Waals surface area contributed by atoms with Crippen LogP contribution in [0.1, 0.15) is 38.8 Å². The van der Waals surface area contributed by atoms with Gasteiger partial charge in [0.2, 0.25) is 10.0 Å². The first-order valence-electron chi connectivity index (χ1n) is 6.24. The van der Waals surface area contributed by atoms with Crippen LogP contribution >= 0.6 is 22.7 Å². The highest BCUT2D eigenvalue weighted by Crippen LogP contribution is 2.29. The maximum atomic E-state index is 12.5. The molecule has 1 atom stereocenters. The number of nitrogens with one attached hydrogen (secondary N) is 1. The first-order valence-corrected chi connectivity index (χ1v) is 9.42. The molecule has 114 valence electrons.